The standard InChI is InChI=1S/C22H26N2O4/c1-3-23(4-2)18-11-6-5-10-17(18)16-27-21(25)14-9-15-24-19-12-7-8-13-20(19)28-22(24)26/h5-8,10-13H,3-4,9,14-16H2,1-2H3. The highest BCUT2D eigenvalue weighted by Gasteiger charge is 2.12. The Morgan fingerprint density at radius 1 is 1.07 bits per heavy atom. The number of rotatable bonds is 9. The monoisotopic (exact) mass is 382 g/mol. The van der Waals surface area contributed by atoms with Gasteiger partial charge in [0.2, 0.25) is 0 Å². The van der Waals surface area contributed by atoms with Crippen molar-refractivity contribution in [3.63, 3.8) is 0 Å². The third-order valence-electron chi connectivity index (χ3n) is 4.82. The fourth-order valence-electron chi connectivity index (χ4n) is 3.34. The van der Waals surface area contributed by atoms with Crippen molar-refractivity contribution in [3.05, 3.63) is 64.6 Å². The quantitative estimate of drug-likeness (QED) is 0.524. The number of esters is 1. The second kappa shape index (κ2) is 9.26. The van der Waals surface area contributed by atoms with E-state index in [2.05, 4.69) is 18.7 Å². The maximum atomic E-state index is 12.2. The molecule has 0 N–H and O–H groups in total. The number of carbonyl (C=O) groups is 1. The molecule has 0 radical (unpaired) electrons. The van der Waals surface area contributed by atoms with Crippen LogP contribution >= 0.6 is 0 Å². The average molecular weight is 382 g/mol. The van der Waals surface area contributed by atoms with Crippen molar-refractivity contribution >= 4 is 22.8 Å². The van der Waals surface area contributed by atoms with Crippen LogP contribution < -0.4 is 10.7 Å². The first-order valence-electron chi connectivity index (χ1n) is 9.70. The van der Waals surface area contributed by atoms with E-state index in [1.165, 1.54) is 0 Å². The lowest BCUT2D eigenvalue weighted by molar-refractivity contribution is -0.145. The van der Waals surface area contributed by atoms with Gasteiger partial charge in [-0.3, -0.25) is 9.36 Å². The normalized spacial score (nSPS) is 10.9. The van der Waals surface area contributed by atoms with E-state index >= 15 is 0 Å². The number of benzene rings is 2. The summed E-state index contributed by atoms with van der Waals surface area (Å²) in [5, 5.41) is 0. The molecule has 0 aliphatic rings. The number of fused-ring (bicyclic) bond motifs is 1. The number of ether oxygens (including phenoxy) is 1. The van der Waals surface area contributed by atoms with Crippen LogP contribution in [0.4, 0.5) is 5.69 Å². The molecule has 1 aromatic heterocycles. The second-order valence-corrected chi connectivity index (χ2v) is 6.55. The van der Waals surface area contributed by atoms with E-state index in [9.17, 15) is 9.59 Å². The van der Waals surface area contributed by atoms with Crippen LogP contribution in [0, 0.1) is 0 Å². The summed E-state index contributed by atoms with van der Waals surface area (Å²) in [7, 11) is 0. The minimum absolute atomic E-state index is 0.249. The predicted molar refractivity (Wildman–Crippen MR) is 110 cm³/mol. The van der Waals surface area contributed by atoms with Crippen LogP contribution in [0.2, 0.25) is 0 Å². The van der Waals surface area contributed by atoms with Crippen molar-refractivity contribution in [1.82, 2.24) is 4.57 Å². The molecule has 2 aromatic carbocycles. The number of hydrogen-bond acceptors (Lipinski definition) is 5. The highest BCUT2D eigenvalue weighted by molar-refractivity contribution is 5.72. The fourth-order valence-corrected chi connectivity index (χ4v) is 3.34. The molecule has 0 saturated heterocycles. The highest BCUT2D eigenvalue weighted by Crippen LogP contribution is 2.21. The van der Waals surface area contributed by atoms with Crippen LogP contribution in [-0.4, -0.2) is 23.6 Å². The van der Waals surface area contributed by atoms with Crippen LogP contribution in [0.5, 0.6) is 0 Å². The lowest BCUT2D eigenvalue weighted by Crippen LogP contribution is -2.23. The number of aromatic nitrogens is 1. The maximum absolute atomic E-state index is 12.2. The smallest absolute Gasteiger partial charge is 0.419 e. The summed E-state index contributed by atoms with van der Waals surface area (Å²) in [5.41, 5.74) is 3.39. The summed E-state index contributed by atoms with van der Waals surface area (Å²) >= 11 is 0. The average Bonchev–Trinajstić information content (AvgIpc) is 3.03. The van der Waals surface area contributed by atoms with Gasteiger partial charge in [-0.1, -0.05) is 30.3 Å². The van der Waals surface area contributed by atoms with Gasteiger partial charge in [-0.15, -0.1) is 0 Å². The molecule has 0 saturated carbocycles. The Labute approximate surface area is 164 Å². The fraction of sp³-hybridized carbons (Fsp3) is 0.364. The van der Waals surface area contributed by atoms with Gasteiger partial charge >= 0.3 is 11.7 Å². The number of aryl methyl sites for hydroxylation is 1. The van der Waals surface area contributed by atoms with Gasteiger partial charge in [-0.25, -0.2) is 4.79 Å². The number of hydrogen-bond donors (Lipinski definition) is 0. The van der Waals surface area contributed by atoms with Crippen molar-refractivity contribution in [2.24, 2.45) is 0 Å². The Kier molecular flexibility index (Phi) is 6.53. The number of carbonyl (C=O) groups excluding carboxylic acids is 1. The molecule has 0 aliphatic heterocycles. The topological polar surface area (TPSA) is 64.7 Å². The number of nitrogens with zero attached hydrogens (tertiary/aromatic N) is 2. The maximum Gasteiger partial charge on any atom is 0.419 e. The van der Waals surface area contributed by atoms with Gasteiger partial charge in [-0.05, 0) is 38.5 Å². The molecule has 28 heavy (non-hydrogen) atoms. The highest BCUT2D eigenvalue weighted by atomic mass is 16.5. The first-order valence-corrected chi connectivity index (χ1v) is 9.70. The van der Waals surface area contributed by atoms with Gasteiger partial charge in [0.25, 0.3) is 0 Å². The van der Waals surface area contributed by atoms with Crippen molar-refractivity contribution in [1.29, 1.82) is 0 Å². The minimum Gasteiger partial charge on any atom is -0.461 e. The Bertz CT molecular complexity index is 985. The molecule has 0 amide bonds. The molecular formula is C22H26N2O4. The molecule has 6 nitrogen and oxygen atoms in total. The number of oxazole rings is 1. The molecule has 3 rings (SSSR count). The largest absolute Gasteiger partial charge is 0.461 e. The number of para-hydroxylation sites is 3. The zero-order valence-electron chi connectivity index (χ0n) is 16.4. The molecule has 0 spiro atoms. The lowest BCUT2D eigenvalue weighted by Gasteiger charge is -2.24. The summed E-state index contributed by atoms with van der Waals surface area (Å²) in [6.07, 6.45) is 0.763. The van der Waals surface area contributed by atoms with Crippen LogP contribution in [0.25, 0.3) is 11.1 Å². The molecular weight excluding hydrogens is 356 g/mol. The molecule has 0 atom stereocenters. The molecule has 148 valence electrons. The zero-order valence-corrected chi connectivity index (χ0v) is 16.4. The first-order chi connectivity index (χ1) is 13.6. The first kappa shape index (κ1) is 19.7. The van der Waals surface area contributed by atoms with E-state index in [0.29, 0.717) is 18.5 Å². The molecule has 0 bridgehead atoms. The van der Waals surface area contributed by atoms with Crippen molar-refractivity contribution in [2.45, 2.75) is 39.8 Å². The summed E-state index contributed by atoms with van der Waals surface area (Å²) in [6.45, 7) is 6.67. The van der Waals surface area contributed by atoms with E-state index in [1.807, 2.05) is 42.5 Å². The molecule has 1 heterocycles. The van der Waals surface area contributed by atoms with Crippen molar-refractivity contribution < 1.29 is 13.9 Å². The predicted octanol–water partition coefficient (Wildman–Crippen LogP) is 3.96. The summed E-state index contributed by atoms with van der Waals surface area (Å²) in [5.74, 6) is -0.669. The lowest BCUT2D eigenvalue weighted by atomic mass is 10.1. The van der Waals surface area contributed by atoms with Crippen LogP contribution in [-0.2, 0) is 22.7 Å². The Morgan fingerprint density at radius 2 is 1.79 bits per heavy atom. The van der Waals surface area contributed by atoms with Crippen molar-refractivity contribution in [2.75, 3.05) is 18.0 Å². The van der Waals surface area contributed by atoms with Crippen molar-refractivity contribution in [3.8, 4) is 0 Å². The van der Waals surface area contributed by atoms with Gasteiger partial charge in [0.15, 0.2) is 5.58 Å². The Hall–Kier alpha value is -3.02. The van der Waals surface area contributed by atoms with Gasteiger partial charge in [0.05, 0.1) is 5.52 Å². The van der Waals surface area contributed by atoms with Gasteiger partial charge < -0.3 is 14.1 Å². The summed E-state index contributed by atoms with van der Waals surface area (Å²) in [4.78, 5) is 26.4. The van der Waals surface area contributed by atoms with E-state index in [1.54, 1.807) is 10.6 Å². The van der Waals surface area contributed by atoms with E-state index < -0.39 is 5.76 Å². The Morgan fingerprint density at radius 3 is 2.57 bits per heavy atom. The summed E-state index contributed by atoms with van der Waals surface area (Å²) in [6, 6.07) is 15.2. The van der Waals surface area contributed by atoms with Gasteiger partial charge in [-0.2, -0.15) is 0 Å². The molecule has 0 aliphatic carbocycles. The van der Waals surface area contributed by atoms with Crippen LogP contribution in [0.3, 0.4) is 0 Å². The third kappa shape index (κ3) is 4.44. The molecule has 6 heteroatoms. The SMILES string of the molecule is CCN(CC)c1ccccc1COC(=O)CCCn1c(=O)oc2ccccc21. The van der Waals surface area contributed by atoms with Gasteiger partial charge in [0.1, 0.15) is 6.61 Å². The minimum atomic E-state index is -0.400. The zero-order chi connectivity index (χ0) is 19.9. The molecule has 0 fully saturated rings. The second-order valence-electron chi connectivity index (χ2n) is 6.55. The summed E-state index contributed by atoms with van der Waals surface area (Å²) < 4.78 is 12.2. The molecule has 0 unspecified atom stereocenters. The van der Waals surface area contributed by atoms with E-state index in [0.717, 1.165) is 29.9 Å². The van der Waals surface area contributed by atoms with E-state index in [4.69, 9.17) is 9.15 Å². The Balaban J connectivity index is 1.54. The number of anilines is 1. The van der Waals surface area contributed by atoms with Crippen LogP contribution in [0.15, 0.2) is 57.7 Å². The van der Waals surface area contributed by atoms with Crippen LogP contribution in [0.1, 0.15) is 32.3 Å². The third-order valence-corrected chi connectivity index (χ3v) is 4.82. The molecule has 3 aromatic rings. The van der Waals surface area contributed by atoms with Gasteiger partial charge in [0, 0.05) is 37.3 Å². The van der Waals surface area contributed by atoms with E-state index in [-0.39, 0.29) is 19.0 Å².